The van der Waals surface area contributed by atoms with Crippen LogP contribution in [0, 0.1) is 12.3 Å². The minimum Gasteiger partial charge on any atom is -0.463 e. The summed E-state index contributed by atoms with van der Waals surface area (Å²) in [5.41, 5.74) is 0. The van der Waals surface area contributed by atoms with Crippen LogP contribution in [0.1, 0.15) is 23.4 Å². The van der Waals surface area contributed by atoms with Gasteiger partial charge in [0.15, 0.2) is 0 Å². The zero-order valence-electron chi connectivity index (χ0n) is 12.1. The van der Waals surface area contributed by atoms with Gasteiger partial charge in [0.1, 0.15) is 0 Å². The average Bonchev–Trinajstić information content (AvgIpc) is 3.17. The molecule has 1 fully saturated rings. The van der Waals surface area contributed by atoms with Crippen LogP contribution in [0.5, 0.6) is 0 Å². The Morgan fingerprint density at radius 1 is 1.55 bits per heavy atom. The van der Waals surface area contributed by atoms with E-state index in [9.17, 15) is 13.2 Å². The second kappa shape index (κ2) is 6.96. The Balaban J connectivity index is 2.22. The minimum atomic E-state index is -3.94. The van der Waals surface area contributed by atoms with Gasteiger partial charge in [-0.2, -0.15) is 4.31 Å². The molecule has 1 aliphatic heterocycles. The molecule has 2 heterocycles. The molecule has 0 radical (unpaired) electrons. The van der Waals surface area contributed by atoms with Gasteiger partial charge in [0.25, 0.3) is 10.0 Å². The molecule has 120 valence electrons. The maximum atomic E-state index is 12.6. The normalized spacial score (nSPS) is 18.3. The first-order chi connectivity index (χ1) is 10.5. The summed E-state index contributed by atoms with van der Waals surface area (Å²) in [6.45, 7) is 0.666. The molecule has 0 N–H and O–H groups in total. The van der Waals surface area contributed by atoms with Gasteiger partial charge in [0, 0.05) is 13.2 Å². The molecule has 0 bridgehead atoms. The van der Waals surface area contributed by atoms with Gasteiger partial charge in [-0.05, 0) is 25.0 Å². The molecule has 1 saturated heterocycles. The molecule has 0 saturated carbocycles. The molecular weight excluding hydrogens is 310 g/mol. The number of methoxy groups -OCH3 is 1. The molecule has 1 aliphatic rings. The third-order valence-corrected chi connectivity index (χ3v) is 4.95. The Kier molecular flexibility index (Phi) is 5.24. The van der Waals surface area contributed by atoms with Crippen molar-refractivity contribution in [3.63, 3.8) is 0 Å². The van der Waals surface area contributed by atoms with Crippen molar-refractivity contribution in [3.05, 3.63) is 17.9 Å². The zero-order chi connectivity index (χ0) is 16.2. The SMILES string of the molecule is C#CCN(C[C@@H]1CCCO1)S(=O)(=O)c1ccc(C(=O)OC)o1. The van der Waals surface area contributed by atoms with Crippen molar-refractivity contribution in [2.75, 3.05) is 26.8 Å². The Labute approximate surface area is 129 Å². The largest absolute Gasteiger partial charge is 0.463 e. The highest BCUT2D eigenvalue weighted by molar-refractivity contribution is 7.89. The van der Waals surface area contributed by atoms with Crippen LogP contribution in [0.4, 0.5) is 0 Å². The van der Waals surface area contributed by atoms with Gasteiger partial charge >= 0.3 is 5.97 Å². The lowest BCUT2D eigenvalue weighted by Gasteiger charge is -2.21. The van der Waals surface area contributed by atoms with Crippen molar-refractivity contribution in [3.8, 4) is 12.3 Å². The van der Waals surface area contributed by atoms with Crippen LogP contribution in [0.25, 0.3) is 0 Å². The predicted octanol–water partition coefficient (Wildman–Crippen LogP) is 0.869. The molecule has 7 nitrogen and oxygen atoms in total. The highest BCUT2D eigenvalue weighted by Gasteiger charge is 2.31. The van der Waals surface area contributed by atoms with E-state index in [1.807, 2.05) is 0 Å². The number of nitrogens with zero attached hydrogens (tertiary/aromatic N) is 1. The summed E-state index contributed by atoms with van der Waals surface area (Å²) >= 11 is 0. The van der Waals surface area contributed by atoms with E-state index < -0.39 is 16.0 Å². The summed E-state index contributed by atoms with van der Waals surface area (Å²) in [4.78, 5) is 11.4. The molecule has 1 aromatic rings. The predicted molar refractivity (Wildman–Crippen MR) is 76.6 cm³/mol. The van der Waals surface area contributed by atoms with Gasteiger partial charge in [-0.1, -0.05) is 5.92 Å². The first-order valence-electron chi connectivity index (χ1n) is 6.72. The lowest BCUT2D eigenvalue weighted by atomic mass is 10.2. The molecule has 1 atom stereocenters. The quantitative estimate of drug-likeness (QED) is 0.569. The summed E-state index contributed by atoms with van der Waals surface area (Å²) < 4.78 is 41.2. The van der Waals surface area contributed by atoms with E-state index in [-0.39, 0.29) is 30.0 Å². The fraction of sp³-hybridized carbons (Fsp3) is 0.500. The number of carbonyl (C=O) groups is 1. The molecule has 1 aromatic heterocycles. The Morgan fingerprint density at radius 3 is 2.91 bits per heavy atom. The second-order valence-corrected chi connectivity index (χ2v) is 6.62. The number of ether oxygens (including phenoxy) is 2. The minimum absolute atomic E-state index is 0.101. The summed E-state index contributed by atoms with van der Waals surface area (Å²) in [5, 5.41) is -0.346. The van der Waals surface area contributed by atoms with Crippen LogP contribution in [0.15, 0.2) is 21.6 Å². The number of hydrogen-bond acceptors (Lipinski definition) is 6. The molecule has 0 aliphatic carbocycles. The van der Waals surface area contributed by atoms with E-state index in [0.717, 1.165) is 17.1 Å². The van der Waals surface area contributed by atoms with Crippen LogP contribution >= 0.6 is 0 Å². The third kappa shape index (κ3) is 3.50. The van der Waals surface area contributed by atoms with Crippen molar-refractivity contribution in [1.29, 1.82) is 0 Å². The van der Waals surface area contributed by atoms with E-state index in [4.69, 9.17) is 15.6 Å². The maximum absolute atomic E-state index is 12.6. The highest BCUT2D eigenvalue weighted by Crippen LogP contribution is 2.22. The van der Waals surface area contributed by atoms with Crippen LogP contribution in [0.3, 0.4) is 0 Å². The summed E-state index contributed by atoms with van der Waals surface area (Å²) in [6, 6.07) is 2.46. The average molecular weight is 327 g/mol. The van der Waals surface area contributed by atoms with Crippen molar-refractivity contribution in [2.24, 2.45) is 0 Å². The number of sulfonamides is 1. The molecule has 0 amide bonds. The second-order valence-electron chi connectivity index (χ2n) is 4.75. The standard InChI is InChI=1S/C14H17NO6S/c1-3-8-15(10-11-5-4-9-20-11)22(17,18)13-7-6-12(21-13)14(16)19-2/h1,6-7,11H,4-5,8-10H2,2H3/t11-/m0/s1. The van der Waals surface area contributed by atoms with Gasteiger partial charge < -0.3 is 13.9 Å². The molecule has 8 heteroatoms. The Hall–Kier alpha value is -1.82. The van der Waals surface area contributed by atoms with Crippen LogP contribution < -0.4 is 0 Å². The fourth-order valence-electron chi connectivity index (χ4n) is 2.16. The van der Waals surface area contributed by atoms with E-state index >= 15 is 0 Å². The Bertz CT molecular complexity index is 666. The van der Waals surface area contributed by atoms with Crippen molar-refractivity contribution >= 4 is 16.0 Å². The first kappa shape index (κ1) is 16.5. The monoisotopic (exact) mass is 327 g/mol. The van der Waals surface area contributed by atoms with Crippen LogP contribution in [0.2, 0.25) is 0 Å². The summed E-state index contributed by atoms with van der Waals surface area (Å²) in [6.07, 6.45) is 6.74. The molecular formula is C14H17NO6S. The molecule has 22 heavy (non-hydrogen) atoms. The molecule has 0 spiro atoms. The van der Waals surface area contributed by atoms with Gasteiger partial charge in [0.2, 0.25) is 10.9 Å². The number of hydrogen-bond donors (Lipinski definition) is 0. The van der Waals surface area contributed by atoms with Crippen LogP contribution in [-0.2, 0) is 19.5 Å². The maximum Gasteiger partial charge on any atom is 0.374 e. The highest BCUT2D eigenvalue weighted by atomic mass is 32.2. The molecule has 0 aromatic carbocycles. The number of rotatable bonds is 6. The van der Waals surface area contributed by atoms with Gasteiger partial charge in [0.05, 0.1) is 19.8 Å². The summed E-state index contributed by atoms with van der Waals surface area (Å²) in [7, 11) is -2.75. The van der Waals surface area contributed by atoms with E-state index in [1.54, 1.807) is 0 Å². The third-order valence-electron chi connectivity index (χ3n) is 3.26. The number of carbonyl (C=O) groups excluding carboxylic acids is 1. The van der Waals surface area contributed by atoms with Crippen LogP contribution in [-0.4, -0.2) is 51.6 Å². The van der Waals surface area contributed by atoms with Gasteiger partial charge in [-0.25, -0.2) is 13.2 Å². The number of terminal acetylenes is 1. The number of esters is 1. The Morgan fingerprint density at radius 2 is 2.32 bits per heavy atom. The smallest absolute Gasteiger partial charge is 0.374 e. The van der Waals surface area contributed by atoms with E-state index in [2.05, 4.69) is 10.7 Å². The van der Waals surface area contributed by atoms with Gasteiger partial charge in [-0.3, -0.25) is 0 Å². The number of furan rings is 1. The summed E-state index contributed by atoms with van der Waals surface area (Å²) in [5.74, 6) is 1.39. The lowest BCUT2D eigenvalue weighted by Crippen LogP contribution is -2.37. The van der Waals surface area contributed by atoms with Crippen molar-refractivity contribution in [1.82, 2.24) is 4.31 Å². The van der Waals surface area contributed by atoms with E-state index in [1.165, 1.54) is 19.2 Å². The van der Waals surface area contributed by atoms with Crippen molar-refractivity contribution < 1.29 is 27.1 Å². The molecule has 0 unspecified atom stereocenters. The topological polar surface area (TPSA) is 86.0 Å². The van der Waals surface area contributed by atoms with Crippen molar-refractivity contribution in [2.45, 2.75) is 24.0 Å². The van der Waals surface area contributed by atoms with E-state index in [0.29, 0.717) is 6.61 Å². The fourth-order valence-corrected chi connectivity index (χ4v) is 3.46. The molecule has 2 rings (SSSR count). The van der Waals surface area contributed by atoms with Gasteiger partial charge in [-0.15, -0.1) is 6.42 Å². The lowest BCUT2D eigenvalue weighted by molar-refractivity contribution is 0.0558. The zero-order valence-corrected chi connectivity index (χ0v) is 13.0. The first-order valence-corrected chi connectivity index (χ1v) is 8.16.